The molecule has 1 aromatic carbocycles. The molecule has 2 N–H and O–H groups in total. The SMILES string of the molecule is Oc1c(Br)cc(CNCCc2ccsc2)cc1Br. The minimum atomic E-state index is 0.247. The van der Waals surface area contributed by atoms with Crippen LogP contribution in [0.3, 0.4) is 0 Å². The van der Waals surface area contributed by atoms with E-state index in [1.807, 2.05) is 12.1 Å². The van der Waals surface area contributed by atoms with Gasteiger partial charge in [0.05, 0.1) is 8.95 Å². The first-order valence-corrected chi connectivity index (χ1v) is 8.08. The fraction of sp³-hybridized carbons (Fsp3) is 0.231. The van der Waals surface area contributed by atoms with Crippen LogP contribution >= 0.6 is 43.2 Å². The number of nitrogens with one attached hydrogen (secondary N) is 1. The van der Waals surface area contributed by atoms with E-state index in [0.29, 0.717) is 8.95 Å². The predicted molar refractivity (Wildman–Crippen MR) is 83.2 cm³/mol. The highest BCUT2D eigenvalue weighted by molar-refractivity contribution is 9.11. The van der Waals surface area contributed by atoms with Crippen LogP contribution in [-0.2, 0) is 13.0 Å². The standard InChI is InChI=1S/C13H13Br2NOS/c14-11-5-10(6-12(15)13(11)17)7-16-3-1-9-2-4-18-8-9/h2,4-6,8,16-17H,1,3,7H2. The number of aromatic hydroxyl groups is 1. The van der Waals surface area contributed by atoms with Crippen molar-refractivity contribution in [1.82, 2.24) is 5.32 Å². The predicted octanol–water partition coefficient (Wildman–Crippen LogP) is 4.31. The Kier molecular flexibility index (Phi) is 5.24. The van der Waals surface area contributed by atoms with Crippen molar-refractivity contribution in [3.05, 3.63) is 49.0 Å². The van der Waals surface area contributed by atoms with Crippen LogP contribution < -0.4 is 5.32 Å². The molecule has 0 bridgehead atoms. The van der Waals surface area contributed by atoms with Crippen molar-refractivity contribution < 1.29 is 5.11 Å². The number of phenols is 1. The van der Waals surface area contributed by atoms with Gasteiger partial charge in [0.15, 0.2) is 0 Å². The molecule has 0 aliphatic heterocycles. The first-order chi connectivity index (χ1) is 8.66. The van der Waals surface area contributed by atoms with Crippen molar-refractivity contribution in [3.8, 4) is 5.75 Å². The molecule has 0 spiro atoms. The largest absolute Gasteiger partial charge is 0.506 e. The summed E-state index contributed by atoms with van der Waals surface area (Å²) in [6, 6.07) is 6.01. The zero-order chi connectivity index (χ0) is 13.0. The third-order valence-corrected chi connectivity index (χ3v) is 4.52. The molecule has 1 heterocycles. The van der Waals surface area contributed by atoms with Crippen LogP contribution in [0.4, 0.5) is 0 Å². The van der Waals surface area contributed by atoms with Crippen LogP contribution in [0.15, 0.2) is 37.9 Å². The molecule has 0 radical (unpaired) electrons. The van der Waals surface area contributed by atoms with Gasteiger partial charge in [0, 0.05) is 6.54 Å². The second-order valence-corrected chi connectivity index (χ2v) is 6.46. The summed E-state index contributed by atoms with van der Waals surface area (Å²) >= 11 is 8.39. The van der Waals surface area contributed by atoms with Gasteiger partial charge in [-0.05, 0) is 84.9 Å². The van der Waals surface area contributed by atoms with Gasteiger partial charge in [0.1, 0.15) is 5.75 Å². The van der Waals surface area contributed by atoms with E-state index in [-0.39, 0.29) is 5.75 Å². The van der Waals surface area contributed by atoms with Crippen LogP contribution in [0.5, 0.6) is 5.75 Å². The molecule has 0 amide bonds. The van der Waals surface area contributed by atoms with Gasteiger partial charge in [0.2, 0.25) is 0 Å². The lowest BCUT2D eigenvalue weighted by atomic mass is 10.2. The molecule has 2 aromatic rings. The van der Waals surface area contributed by atoms with Gasteiger partial charge < -0.3 is 10.4 Å². The van der Waals surface area contributed by atoms with Gasteiger partial charge in [-0.2, -0.15) is 11.3 Å². The van der Waals surface area contributed by atoms with Crippen molar-refractivity contribution in [3.63, 3.8) is 0 Å². The lowest BCUT2D eigenvalue weighted by Crippen LogP contribution is -2.16. The number of thiophene rings is 1. The van der Waals surface area contributed by atoms with Crippen LogP contribution in [0.1, 0.15) is 11.1 Å². The summed E-state index contributed by atoms with van der Waals surface area (Å²) in [6.07, 6.45) is 1.05. The minimum absolute atomic E-state index is 0.247. The zero-order valence-electron chi connectivity index (χ0n) is 9.62. The molecule has 0 aliphatic carbocycles. The first kappa shape index (κ1) is 14.1. The molecular formula is C13H13Br2NOS. The normalized spacial score (nSPS) is 10.8. The maximum absolute atomic E-state index is 9.61. The Morgan fingerprint density at radius 2 is 1.89 bits per heavy atom. The number of rotatable bonds is 5. The van der Waals surface area contributed by atoms with Gasteiger partial charge in [-0.25, -0.2) is 0 Å². The van der Waals surface area contributed by atoms with E-state index in [1.165, 1.54) is 5.56 Å². The second-order valence-electron chi connectivity index (χ2n) is 3.97. The van der Waals surface area contributed by atoms with Crippen LogP contribution in [-0.4, -0.2) is 11.7 Å². The molecule has 0 atom stereocenters. The molecule has 2 nitrogen and oxygen atoms in total. The van der Waals surface area contributed by atoms with Crippen LogP contribution in [0.2, 0.25) is 0 Å². The van der Waals surface area contributed by atoms with Crippen LogP contribution in [0, 0.1) is 0 Å². The smallest absolute Gasteiger partial charge is 0.143 e. The quantitative estimate of drug-likeness (QED) is 0.745. The highest BCUT2D eigenvalue weighted by Crippen LogP contribution is 2.33. The van der Waals surface area contributed by atoms with Crippen molar-refractivity contribution in [1.29, 1.82) is 0 Å². The Balaban J connectivity index is 1.83. The summed E-state index contributed by atoms with van der Waals surface area (Å²) in [5, 5.41) is 17.3. The lowest BCUT2D eigenvalue weighted by molar-refractivity contribution is 0.468. The molecule has 5 heteroatoms. The summed E-state index contributed by atoms with van der Waals surface area (Å²) < 4.78 is 1.43. The Labute approximate surface area is 127 Å². The fourth-order valence-electron chi connectivity index (χ4n) is 1.62. The van der Waals surface area contributed by atoms with E-state index >= 15 is 0 Å². The third kappa shape index (κ3) is 3.82. The molecule has 0 unspecified atom stereocenters. The average Bonchev–Trinajstić information content (AvgIpc) is 2.84. The Morgan fingerprint density at radius 1 is 1.17 bits per heavy atom. The van der Waals surface area contributed by atoms with E-state index in [1.54, 1.807) is 11.3 Å². The van der Waals surface area contributed by atoms with E-state index in [0.717, 1.165) is 25.1 Å². The molecule has 0 aliphatic rings. The molecule has 2 rings (SSSR count). The van der Waals surface area contributed by atoms with Gasteiger partial charge in [-0.3, -0.25) is 0 Å². The molecule has 0 fully saturated rings. The number of phenolic OH excluding ortho intramolecular Hbond substituents is 1. The van der Waals surface area contributed by atoms with Crippen molar-refractivity contribution >= 4 is 43.2 Å². The fourth-order valence-corrected chi connectivity index (χ4v) is 3.60. The van der Waals surface area contributed by atoms with E-state index in [2.05, 4.69) is 54.0 Å². The molecule has 1 aromatic heterocycles. The number of halogens is 2. The molecule has 0 saturated heterocycles. The first-order valence-electron chi connectivity index (χ1n) is 5.55. The lowest BCUT2D eigenvalue weighted by Gasteiger charge is -2.07. The average molecular weight is 391 g/mol. The Morgan fingerprint density at radius 3 is 2.50 bits per heavy atom. The summed E-state index contributed by atoms with van der Waals surface area (Å²) in [7, 11) is 0. The Hall–Kier alpha value is -0.360. The monoisotopic (exact) mass is 389 g/mol. The van der Waals surface area contributed by atoms with E-state index < -0.39 is 0 Å². The number of benzene rings is 1. The third-order valence-electron chi connectivity index (χ3n) is 2.58. The number of hydrogen-bond donors (Lipinski definition) is 2. The van der Waals surface area contributed by atoms with Crippen LogP contribution in [0.25, 0.3) is 0 Å². The molecule has 0 saturated carbocycles. The zero-order valence-corrected chi connectivity index (χ0v) is 13.6. The van der Waals surface area contributed by atoms with Crippen molar-refractivity contribution in [2.75, 3.05) is 6.54 Å². The van der Waals surface area contributed by atoms with Gasteiger partial charge in [-0.15, -0.1) is 0 Å². The number of hydrogen-bond acceptors (Lipinski definition) is 3. The highest BCUT2D eigenvalue weighted by atomic mass is 79.9. The van der Waals surface area contributed by atoms with Crippen molar-refractivity contribution in [2.24, 2.45) is 0 Å². The van der Waals surface area contributed by atoms with Gasteiger partial charge in [-0.1, -0.05) is 0 Å². The van der Waals surface area contributed by atoms with Crippen molar-refractivity contribution in [2.45, 2.75) is 13.0 Å². The minimum Gasteiger partial charge on any atom is -0.506 e. The van der Waals surface area contributed by atoms with Gasteiger partial charge >= 0.3 is 0 Å². The topological polar surface area (TPSA) is 32.3 Å². The molecular weight excluding hydrogens is 378 g/mol. The second kappa shape index (κ2) is 6.70. The summed E-state index contributed by atoms with van der Waals surface area (Å²) in [4.78, 5) is 0. The summed E-state index contributed by atoms with van der Waals surface area (Å²) in [5.74, 6) is 0.247. The molecule has 18 heavy (non-hydrogen) atoms. The van der Waals surface area contributed by atoms with E-state index in [4.69, 9.17) is 0 Å². The maximum atomic E-state index is 9.61. The molecule has 96 valence electrons. The Bertz CT molecular complexity index is 491. The maximum Gasteiger partial charge on any atom is 0.143 e. The van der Waals surface area contributed by atoms with Gasteiger partial charge in [0.25, 0.3) is 0 Å². The summed E-state index contributed by atoms with van der Waals surface area (Å²) in [5.41, 5.74) is 2.51. The van der Waals surface area contributed by atoms with E-state index in [9.17, 15) is 5.11 Å². The summed E-state index contributed by atoms with van der Waals surface area (Å²) in [6.45, 7) is 1.74. The highest BCUT2D eigenvalue weighted by Gasteiger charge is 2.05.